The molecule has 0 aliphatic carbocycles. The van der Waals surface area contributed by atoms with E-state index in [1.807, 2.05) is 31.2 Å². The van der Waals surface area contributed by atoms with Crippen molar-refractivity contribution < 1.29 is 19.1 Å². The molecule has 0 amide bonds. The molecule has 0 bridgehead atoms. The fourth-order valence-electron chi connectivity index (χ4n) is 2.26. The predicted molar refractivity (Wildman–Crippen MR) is 99.8 cm³/mol. The molecular formula is C20H21BrO4. The molecule has 0 spiro atoms. The van der Waals surface area contributed by atoms with Gasteiger partial charge in [0.05, 0.1) is 24.3 Å². The molecule has 2 rings (SSSR count). The molecule has 5 heteroatoms. The molecule has 4 nitrogen and oxygen atoms in total. The van der Waals surface area contributed by atoms with Gasteiger partial charge in [-0.15, -0.1) is 0 Å². The molecule has 0 unspecified atom stereocenters. The Morgan fingerprint density at radius 2 is 1.44 bits per heavy atom. The van der Waals surface area contributed by atoms with Crippen LogP contribution in [0.15, 0.2) is 53.0 Å². The molecule has 25 heavy (non-hydrogen) atoms. The lowest BCUT2D eigenvalue weighted by molar-refractivity contribution is 0.0457. The van der Waals surface area contributed by atoms with Crippen molar-refractivity contribution in [2.24, 2.45) is 0 Å². The van der Waals surface area contributed by atoms with Crippen molar-refractivity contribution >= 4 is 27.9 Å². The summed E-state index contributed by atoms with van der Waals surface area (Å²) in [5, 5.41) is 0. The van der Waals surface area contributed by atoms with Gasteiger partial charge in [-0.2, -0.15) is 0 Å². The second-order valence-corrected chi connectivity index (χ2v) is 6.37. The van der Waals surface area contributed by atoms with E-state index in [0.717, 1.165) is 22.9 Å². The second-order valence-electron chi connectivity index (χ2n) is 5.51. The minimum atomic E-state index is -0.518. The third-order valence-corrected chi connectivity index (χ3v) is 4.43. The lowest BCUT2D eigenvalue weighted by Gasteiger charge is -2.10. The van der Waals surface area contributed by atoms with Crippen LogP contribution in [0.3, 0.4) is 0 Å². The Kier molecular flexibility index (Phi) is 7.67. The minimum absolute atomic E-state index is 0.233. The molecule has 0 N–H and O–H groups in total. The summed E-state index contributed by atoms with van der Waals surface area (Å²) >= 11 is 3.47. The molecule has 0 saturated heterocycles. The Morgan fingerprint density at radius 1 is 0.880 bits per heavy atom. The number of benzene rings is 2. The van der Waals surface area contributed by atoms with Crippen molar-refractivity contribution in [3.63, 3.8) is 0 Å². The van der Waals surface area contributed by atoms with E-state index in [9.17, 15) is 9.59 Å². The number of carbonyl (C=O) groups excluding carboxylic acids is 2. The van der Waals surface area contributed by atoms with Crippen molar-refractivity contribution in [3.8, 4) is 0 Å². The summed E-state index contributed by atoms with van der Waals surface area (Å²) in [4.78, 5) is 24.5. The summed E-state index contributed by atoms with van der Waals surface area (Å²) in [7, 11) is 0. The average molecular weight is 405 g/mol. The number of hydrogen-bond donors (Lipinski definition) is 0. The zero-order valence-corrected chi connectivity index (χ0v) is 15.8. The average Bonchev–Trinajstić information content (AvgIpc) is 2.63. The largest absolute Gasteiger partial charge is 0.462 e. The Labute approximate surface area is 156 Å². The first-order chi connectivity index (χ1) is 12.1. The van der Waals surface area contributed by atoms with Crippen LogP contribution in [0.25, 0.3) is 0 Å². The molecule has 0 aromatic heterocycles. The normalized spacial score (nSPS) is 10.3. The second kappa shape index (κ2) is 9.99. The maximum absolute atomic E-state index is 12.3. The minimum Gasteiger partial charge on any atom is -0.462 e. The van der Waals surface area contributed by atoms with Gasteiger partial charge in [0.2, 0.25) is 0 Å². The van der Waals surface area contributed by atoms with Gasteiger partial charge >= 0.3 is 11.9 Å². The summed E-state index contributed by atoms with van der Waals surface area (Å²) in [6, 6.07) is 14.3. The first-order valence-corrected chi connectivity index (χ1v) is 9.09. The highest BCUT2D eigenvalue weighted by molar-refractivity contribution is 9.10. The zero-order valence-electron chi connectivity index (χ0n) is 14.2. The predicted octanol–water partition coefficient (Wildman–Crippen LogP) is 4.81. The quantitative estimate of drug-likeness (QED) is 0.468. The van der Waals surface area contributed by atoms with Gasteiger partial charge in [0.25, 0.3) is 0 Å². The number of ether oxygens (including phenoxy) is 2. The van der Waals surface area contributed by atoms with Gasteiger partial charge in [-0.25, -0.2) is 9.59 Å². The van der Waals surface area contributed by atoms with E-state index in [1.165, 1.54) is 0 Å². The van der Waals surface area contributed by atoms with Gasteiger partial charge in [-0.3, -0.25) is 0 Å². The Balaban J connectivity index is 1.97. The van der Waals surface area contributed by atoms with Gasteiger partial charge in [0, 0.05) is 10.9 Å². The summed E-state index contributed by atoms with van der Waals surface area (Å²) in [5.41, 5.74) is 1.53. The summed E-state index contributed by atoms with van der Waals surface area (Å²) in [5.74, 6) is -1.01. The fraction of sp³-hybridized carbons (Fsp3) is 0.300. The molecular weight excluding hydrogens is 384 g/mol. The van der Waals surface area contributed by atoms with E-state index in [0.29, 0.717) is 13.0 Å². The van der Waals surface area contributed by atoms with E-state index in [2.05, 4.69) is 15.9 Å². The Hall–Kier alpha value is -2.14. The van der Waals surface area contributed by atoms with Gasteiger partial charge < -0.3 is 9.47 Å². The Morgan fingerprint density at radius 3 is 2.04 bits per heavy atom. The first kappa shape index (κ1) is 19.2. The van der Waals surface area contributed by atoms with Crippen LogP contribution in [-0.2, 0) is 15.9 Å². The lowest BCUT2D eigenvalue weighted by Crippen LogP contribution is -2.15. The van der Waals surface area contributed by atoms with Crippen LogP contribution in [0.5, 0.6) is 0 Å². The Bertz CT molecular complexity index is 727. The summed E-state index contributed by atoms with van der Waals surface area (Å²) in [6.45, 7) is 2.60. The van der Waals surface area contributed by atoms with Crippen LogP contribution in [-0.4, -0.2) is 25.2 Å². The molecule has 2 aromatic rings. The smallest absolute Gasteiger partial charge is 0.339 e. The molecule has 0 atom stereocenters. The van der Waals surface area contributed by atoms with Crippen molar-refractivity contribution in [2.75, 3.05) is 13.2 Å². The van der Waals surface area contributed by atoms with Crippen LogP contribution in [0, 0.1) is 0 Å². The maximum Gasteiger partial charge on any atom is 0.339 e. The number of unbranched alkanes of at least 4 members (excludes halogenated alkanes) is 1. The molecule has 0 heterocycles. The first-order valence-electron chi connectivity index (χ1n) is 8.30. The summed E-state index contributed by atoms with van der Waals surface area (Å²) < 4.78 is 11.5. The van der Waals surface area contributed by atoms with Crippen molar-refractivity contribution in [1.29, 1.82) is 0 Å². The number of esters is 2. The van der Waals surface area contributed by atoms with Crippen molar-refractivity contribution in [1.82, 2.24) is 0 Å². The van der Waals surface area contributed by atoms with E-state index in [1.54, 1.807) is 24.3 Å². The standard InChI is InChI=1S/C20H21BrO4/c1-2-3-13-24-19(22)16-9-5-6-10-17(16)20(23)25-14-12-15-8-4-7-11-18(15)21/h4-11H,2-3,12-14H2,1H3. The van der Waals surface area contributed by atoms with E-state index in [4.69, 9.17) is 9.47 Å². The van der Waals surface area contributed by atoms with Gasteiger partial charge in [-0.1, -0.05) is 59.6 Å². The highest BCUT2D eigenvalue weighted by Gasteiger charge is 2.18. The van der Waals surface area contributed by atoms with Crippen LogP contribution in [0.4, 0.5) is 0 Å². The highest BCUT2D eigenvalue weighted by Crippen LogP contribution is 2.17. The summed E-state index contributed by atoms with van der Waals surface area (Å²) in [6.07, 6.45) is 2.33. The molecule has 0 fully saturated rings. The number of rotatable bonds is 8. The molecule has 0 saturated carbocycles. The molecule has 132 valence electrons. The van der Waals surface area contributed by atoms with Crippen LogP contribution < -0.4 is 0 Å². The maximum atomic E-state index is 12.3. The van der Waals surface area contributed by atoms with Crippen LogP contribution in [0.2, 0.25) is 0 Å². The molecule has 0 radical (unpaired) electrons. The SMILES string of the molecule is CCCCOC(=O)c1ccccc1C(=O)OCCc1ccccc1Br. The monoisotopic (exact) mass is 404 g/mol. The van der Waals surface area contributed by atoms with E-state index in [-0.39, 0.29) is 17.7 Å². The van der Waals surface area contributed by atoms with Crippen molar-refractivity contribution in [3.05, 3.63) is 69.7 Å². The number of hydrogen-bond acceptors (Lipinski definition) is 4. The number of halogens is 1. The molecule has 2 aromatic carbocycles. The van der Waals surface area contributed by atoms with Gasteiger partial charge in [0.1, 0.15) is 0 Å². The fourth-order valence-corrected chi connectivity index (χ4v) is 2.74. The van der Waals surface area contributed by atoms with E-state index >= 15 is 0 Å². The van der Waals surface area contributed by atoms with Gasteiger partial charge in [0.15, 0.2) is 0 Å². The highest BCUT2D eigenvalue weighted by atomic mass is 79.9. The van der Waals surface area contributed by atoms with Crippen LogP contribution >= 0.6 is 15.9 Å². The molecule has 0 aliphatic rings. The molecule has 0 aliphatic heterocycles. The third kappa shape index (κ3) is 5.71. The van der Waals surface area contributed by atoms with E-state index < -0.39 is 11.9 Å². The lowest BCUT2D eigenvalue weighted by atomic mass is 10.1. The third-order valence-electron chi connectivity index (χ3n) is 3.66. The zero-order chi connectivity index (χ0) is 18.1. The van der Waals surface area contributed by atoms with Crippen molar-refractivity contribution in [2.45, 2.75) is 26.2 Å². The topological polar surface area (TPSA) is 52.6 Å². The number of carbonyl (C=O) groups is 2. The van der Waals surface area contributed by atoms with Gasteiger partial charge in [-0.05, 0) is 30.2 Å². The van der Waals surface area contributed by atoms with Crippen LogP contribution in [0.1, 0.15) is 46.0 Å².